The number of benzene rings is 2. The van der Waals surface area contributed by atoms with Gasteiger partial charge in [-0.3, -0.25) is 0 Å². The van der Waals surface area contributed by atoms with E-state index in [1.54, 1.807) is 19.3 Å². The zero-order valence-electron chi connectivity index (χ0n) is 13.5. The molecular weight excluding hydrogens is 367 g/mol. The van der Waals surface area contributed by atoms with Crippen LogP contribution in [0.1, 0.15) is 17.4 Å². The molecule has 0 saturated heterocycles. The summed E-state index contributed by atoms with van der Waals surface area (Å²) in [5.74, 6) is -2.59. The number of halogens is 3. The van der Waals surface area contributed by atoms with Crippen molar-refractivity contribution >= 4 is 10.0 Å². The molecule has 136 valence electrons. The Balaban J connectivity index is 2.09. The quantitative estimate of drug-likeness (QED) is 0.739. The van der Waals surface area contributed by atoms with Crippen molar-refractivity contribution in [1.82, 2.24) is 14.3 Å². The van der Waals surface area contributed by atoms with E-state index in [2.05, 4.69) is 9.71 Å². The van der Waals surface area contributed by atoms with Crippen molar-refractivity contribution in [2.45, 2.75) is 10.9 Å². The van der Waals surface area contributed by atoms with Crippen LogP contribution >= 0.6 is 0 Å². The lowest BCUT2D eigenvalue weighted by molar-refractivity contribution is 0.528. The molecular formula is C17H14F3N3O2S. The maximum Gasteiger partial charge on any atom is 0.244 e. The summed E-state index contributed by atoms with van der Waals surface area (Å²) < 4.78 is 70.3. The predicted molar refractivity (Wildman–Crippen MR) is 88.1 cm³/mol. The highest BCUT2D eigenvalue weighted by Gasteiger charge is 2.29. The fraction of sp³-hybridized carbons (Fsp3) is 0.118. The van der Waals surface area contributed by atoms with Crippen molar-refractivity contribution in [3.8, 4) is 0 Å². The molecule has 0 amide bonds. The molecule has 1 N–H and O–H groups in total. The number of aryl methyl sites for hydroxylation is 1. The standard InChI is InChI=1S/C17H14F3N3O2S/c1-23-9-8-21-17(23)16(12-4-2-3-5-13(12)19)22-26(24,25)15-7-6-11(18)10-14(15)20/h2-10,16,22H,1H3/t16-/m0/s1. The molecule has 0 unspecified atom stereocenters. The molecule has 1 heterocycles. The number of hydrogen-bond donors (Lipinski definition) is 1. The summed E-state index contributed by atoms with van der Waals surface area (Å²) in [4.78, 5) is 3.32. The third-order valence-electron chi connectivity index (χ3n) is 3.79. The van der Waals surface area contributed by atoms with Crippen LogP contribution in [0, 0.1) is 17.5 Å². The molecule has 5 nitrogen and oxygen atoms in total. The summed E-state index contributed by atoms with van der Waals surface area (Å²) in [5, 5.41) is 0. The van der Waals surface area contributed by atoms with Gasteiger partial charge in [0.15, 0.2) is 0 Å². The Hall–Kier alpha value is -2.65. The summed E-state index contributed by atoms with van der Waals surface area (Å²) in [6.45, 7) is 0. The van der Waals surface area contributed by atoms with Crippen molar-refractivity contribution in [2.24, 2.45) is 7.05 Å². The van der Waals surface area contributed by atoms with Crippen molar-refractivity contribution in [1.29, 1.82) is 0 Å². The number of hydrogen-bond acceptors (Lipinski definition) is 3. The van der Waals surface area contributed by atoms with Crippen LogP contribution in [0.4, 0.5) is 13.2 Å². The minimum Gasteiger partial charge on any atom is -0.336 e. The third kappa shape index (κ3) is 3.49. The maximum atomic E-state index is 14.3. The second-order valence-corrected chi connectivity index (χ2v) is 7.23. The summed E-state index contributed by atoms with van der Waals surface area (Å²) in [7, 11) is -2.81. The molecule has 0 fully saturated rings. The molecule has 3 rings (SSSR count). The van der Waals surface area contributed by atoms with Gasteiger partial charge in [-0.25, -0.2) is 26.6 Å². The van der Waals surface area contributed by atoms with E-state index < -0.39 is 38.4 Å². The average Bonchev–Trinajstić information content (AvgIpc) is 2.99. The van der Waals surface area contributed by atoms with Crippen LogP contribution in [0.3, 0.4) is 0 Å². The lowest BCUT2D eigenvalue weighted by Crippen LogP contribution is -2.32. The van der Waals surface area contributed by atoms with E-state index in [1.807, 2.05) is 0 Å². The lowest BCUT2D eigenvalue weighted by atomic mass is 10.1. The first-order valence-electron chi connectivity index (χ1n) is 7.48. The molecule has 0 saturated carbocycles. The smallest absolute Gasteiger partial charge is 0.244 e. The van der Waals surface area contributed by atoms with Gasteiger partial charge in [0.1, 0.15) is 34.2 Å². The van der Waals surface area contributed by atoms with Crippen LogP contribution in [0.25, 0.3) is 0 Å². The summed E-state index contributed by atoms with van der Waals surface area (Å²) >= 11 is 0. The minimum atomic E-state index is -4.43. The Morgan fingerprint density at radius 1 is 1.08 bits per heavy atom. The molecule has 0 spiro atoms. The van der Waals surface area contributed by atoms with E-state index in [4.69, 9.17) is 0 Å². The highest BCUT2D eigenvalue weighted by Crippen LogP contribution is 2.26. The van der Waals surface area contributed by atoms with Gasteiger partial charge in [0, 0.05) is 31.1 Å². The van der Waals surface area contributed by atoms with Gasteiger partial charge in [0.05, 0.1) is 0 Å². The zero-order chi connectivity index (χ0) is 18.9. The van der Waals surface area contributed by atoms with Gasteiger partial charge in [-0.15, -0.1) is 0 Å². The summed E-state index contributed by atoms with van der Waals surface area (Å²) in [5.41, 5.74) is 0.0212. The second kappa shape index (κ2) is 6.93. The monoisotopic (exact) mass is 381 g/mol. The molecule has 1 aromatic heterocycles. The van der Waals surface area contributed by atoms with Crippen LogP contribution in [0.15, 0.2) is 59.8 Å². The highest BCUT2D eigenvalue weighted by atomic mass is 32.2. The van der Waals surface area contributed by atoms with E-state index >= 15 is 0 Å². The maximum absolute atomic E-state index is 14.3. The number of sulfonamides is 1. The topological polar surface area (TPSA) is 64.0 Å². The first kappa shape index (κ1) is 18.2. The van der Waals surface area contributed by atoms with Crippen LogP contribution in [0.5, 0.6) is 0 Å². The molecule has 0 aliphatic heterocycles. The normalized spacial score (nSPS) is 12.9. The van der Waals surface area contributed by atoms with Gasteiger partial charge < -0.3 is 4.57 Å². The fourth-order valence-corrected chi connectivity index (χ4v) is 3.76. The zero-order valence-corrected chi connectivity index (χ0v) is 14.3. The number of nitrogens with zero attached hydrogens (tertiary/aromatic N) is 2. The number of nitrogens with one attached hydrogen (secondary N) is 1. The molecule has 0 aliphatic rings. The van der Waals surface area contributed by atoms with Crippen LogP contribution < -0.4 is 4.72 Å². The third-order valence-corrected chi connectivity index (χ3v) is 5.25. The van der Waals surface area contributed by atoms with Crippen LogP contribution in [-0.2, 0) is 17.1 Å². The Morgan fingerprint density at radius 3 is 2.42 bits per heavy atom. The highest BCUT2D eigenvalue weighted by molar-refractivity contribution is 7.89. The lowest BCUT2D eigenvalue weighted by Gasteiger charge is -2.20. The Labute approximate surface area is 148 Å². The average molecular weight is 381 g/mol. The Morgan fingerprint density at radius 2 is 1.81 bits per heavy atom. The minimum absolute atomic E-state index is 0.0212. The first-order valence-corrected chi connectivity index (χ1v) is 8.97. The molecule has 9 heteroatoms. The molecule has 0 radical (unpaired) electrons. The van der Waals surface area contributed by atoms with E-state index in [9.17, 15) is 21.6 Å². The number of rotatable bonds is 5. The molecule has 3 aromatic rings. The van der Waals surface area contributed by atoms with Crippen molar-refractivity contribution in [2.75, 3.05) is 0 Å². The van der Waals surface area contributed by atoms with Gasteiger partial charge in [-0.1, -0.05) is 18.2 Å². The first-order chi connectivity index (χ1) is 12.3. The largest absolute Gasteiger partial charge is 0.336 e. The van der Waals surface area contributed by atoms with Gasteiger partial charge >= 0.3 is 0 Å². The van der Waals surface area contributed by atoms with Gasteiger partial charge in [0.25, 0.3) is 0 Å². The molecule has 0 aliphatic carbocycles. The Bertz CT molecular complexity index is 1050. The van der Waals surface area contributed by atoms with Crippen molar-refractivity contribution in [3.63, 3.8) is 0 Å². The SMILES string of the molecule is Cn1ccnc1[C@@H](NS(=O)(=O)c1ccc(F)cc1F)c1ccccc1F. The van der Waals surface area contributed by atoms with E-state index in [0.29, 0.717) is 6.07 Å². The molecule has 26 heavy (non-hydrogen) atoms. The van der Waals surface area contributed by atoms with E-state index in [1.165, 1.54) is 29.0 Å². The Kier molecular flexibility index (Phi) is 4.84. The second-order valence-electron chi connectivity index (χ2n) is 5.55. The van der Waals surface area contributed by atoms with Gasteiger partial charge in [-0.05, 0) is 18.2 Å². The predicted octanol–water partition coefficient (Wildman–Crippen LogP) is 2.91. The summed E-state index contributed by atoms with van der Waals surface area (Å²) in [6.07, 6.45) is 2.99. The van der Waals surface area contributed by atoms with E-state index in [0.717, 1.165) is 12.1 Å². The summed E-state index contributed by atoms with van der Waals surface area (Å²) in [6, 6.07) is 6.49. The van der Waals surface area contributed by atoms with Crippen LogP contribution in [0.2, 0.25) is 0 Å². The molecule has 0 bridgehead atoms. The van der Waals surface area contributed by atoms with Crippen molar-refractivity contribution < 1.29 is 21.6 Å². The molecule has 2 aromatic carbocycles. The number of aromatic nitrogens is 2. The van der Waals surface area contributed by atoms with E-state index in [-0.39, 0.29) is 11.4 Å². The molecule has 1 atom stereocenters. The van der Waals surface area contributed by atoms with Gasteiger partial charge in [-0.2, -0.15) is 4.72 Å². The number of imidazole rings is 1. The van der Waals surface area contributed by atoms with Crippen molar-refractivity contribution in [3.05, 3.63) is 83.7 Å². The van der Waals surface area contributed by atoms with Crippen LogP contribution in [-0.4, -0.2) is 18.0 Å². The fourth-order valence-electron chi connectivity index (χ4n) is 2.53. The van der Waals surface area contributed by atoms with Gasteiger partial charge in [0.2, 0.25) is 10.0 Å².